The maximum absolute atomic E-state index is 11.4. The molecule has 0 unspecified atom stereocenters. The zero-order chi connectivity index (χ0) is 12.3. The predicted molar refractivity (Wildman–Crippen MR) is 68.0 cm³/mol. The van der Waals surface area contributed by atoms with Crippen LogP contribution in [0.25, 0.3) is 11.6 Å². The first-order chi connectivity index (χ1) is 8.16. The molecular weight excluding hydrogens is 238 g/mol. The van der Waals surface area contributed by atoms with Gasteiger partial charge in [-0.15, -0.1) is 0 Å². The van der Waals surface area contributed by atoms with Gasteiger partial charge in [0.05, 0.1) is 0 Å². The largest absolute Gasteiger partial charge is 0.310 e. The maximum atomic E-state index is 11.4. The third-order valence-electron chi connectivity index (χ3n) is 2.13. The van der Waals surface area contributed by atoms with Crippen LogP contribution < -0.4 is 5.56 Å². The zero-order valence-electron chi connectivity index (χ0n) is 9.21. The molecule has 88 valence electrons. The Morgan fingerprint density at radius 1 is 1.65 bits per heavy atom. The van der Waals surface area contributed by atoms with E-state index < -0.39 is 0 Å². The minimum atomic E-state index is -0.169. The van der Waals surface area contributed by atoms with E-state index in [9.17, 15) is 9.59 Å². The number of nitrogens with zero attached hydrogens (tertiary/aromatic N) is 2. The fraction of sp³-hybridized carbons (Fsp3) is 0.182. The van der Waals surface area contributed by atoms with Crippen molar-refractivity contribution in [3.63, 3.8) is 0 Å². The molecule has 2 aromatic rings. The van der Waals surface area contributed by atoms with Gasteiger partial charge in [-0.25, -0.2) is 4.52 Å². The predicted octanol–water partition coefficient (Wildman–Crippen LogP) is 1.32. The summed E-state index contributed by atoms with van der Waals surface area (Å²) in [4.78, 5) is 24.6. The highest BCUT2D eigenvalue weighted by atomic mass is 32.2. The lowest BCUT2D eigenvalue weighted by Crippen LogP contribution is -2.09. The Hall–Kier alpha value is -1.82. The molecule has 0 aliphatic rings. The second-order valence-electron chi connectivity index (χ2n) is 3.43. The molecule has 0 amide bonds. The number of hydrogen-bond acceptors (Lipinski definition) is 4. The van der Waals surface area contributed by atoms with E-state index in [0.717, 1.165) is 5.56 Å². The fourth-order valence-electron chi connectivity index (χ4n) is 1.40. The molecule has 6 heteroatoms. The quantitative estimate of drug-likeness (QED) is 0.890. The van der Waals surface area contributed by atoms with Crippen molar-refractivity contribution in [3.8, 4) is 0 Å². The fourth-order valence-corrected chi connectivity index (χ4v) is 1.83. The standard InChI is InChI=1S/C11H11N3O2S/c1-8(15)17-4-2-3-9-5-10-11(16)12-7-13-14(10)6-9/h2-3,5-7H,4H2,1H3,(H,12,13,16). The number of aromatic nitrogens is 3. The molecule has 2 aromatic heterocycles. The van der Waals surface area contributed by atoms with E-state index in [-0.39, 0.29) is 10.7 Å². The van der Waals surface area contributed by atoms with Gasteiger partial charge in [-0.3, -0.25) is 9.59 Å². The zero-order valence-corrected chi connectivity index (χ0v) is 10.0. The minimum Gasteiger partial charge on any atom is -0.310 e. The van der Waals surface area contributed by atoms with Crippen molar-refractivity contribution in [1.29, 1.82) is 0 Å². The first-order valence-electron chi connectivity index (χ1n) is 5.03. The van der Waals surface area contributed by atoms with Crippen LogP contribution in [0.3, 0.4) is 0 Å². The molecular formula is C11H11N3O2S. The summed E-state index contributed by atoms with van der Waals surface area (Å²) < 4.78 is 1.52. The number of thioether (sulfide) groups is 1. The summed E-state index contributed by atoms with van der Waals surface area (Å²) in [7, 11) is 0. The molecule has 0 saturated carbocycles. The van der Waals surface area contributed by atoms with Gasteiger partial charge >= 0.3 is 0 Å². The van der Waals surface area contributed by atoms with Gasteiger partial charge in [-0.2, -0.15) is 5.10 Å². The molecule has 0 fully saturated rings. The Kier molecular flexibility index (Phi) is 3.43. The summed E-state index contributed by atoms with van der Waals surface area (Å²) in [6.45, 7) is 1.54. The van der Waals surface area contributed by atoms with E-state index in [1.807, 2.05) is 12.2 Å². The van der Waals surface area contributed by atoms with Crippen LogP contribution >= 0.6 is 11.8 Å². The molecule has 2 rings (SSSR count). The van der Waals surface area contributed by atoms with Crippen molar-refractivity contribution in [2.45, 2.75) is 6.92 Å². The Balaban J connectivity index is 2.17. The second-order valence-corrected chi connectivity index (χ2v) is 4.62. The molecule has 0 saturated heterocycles. The summed E-state index contributed by atoms with van der Waals surface area (Å²) in [5.41, 5.74) is 1.22. The van der Waals surface area contributed by atoms with Gasteiger partial charge in [0.1, 0.15) is 11.8 Å². The highest BCUT2D eigenvalue weighted by Crippen LogP contribution is 2.08. The number of carbonyl (C=O) groups excluding carboxylic acids is 1. The van der Waals surface area contributed by atoms with E-state index >= 15 is 0 Å². The highest BCUT2D eigenvalue weighted by Gasteiger charge is 2.00. The highest BCUT2D eigenvalue weighted by molar-refractivity contribution is 8.13. The molecule has 0 radical (unpaired) electrons. The minimum absolute atomic E-state index is 0.0924. The Morgan fingerprint density at radius 2 is 2.47 bits per heavy atom. The van der Waals surface area contributed by atoms with Gasteiger partial charge in [0.2, 0.25) is 0 Å². The van der Waals surface area contributed by atoms with Crippen LogP contribution in [0.15, 0.2) is 29.5 Å². The number of H-pyrrole nitrogens is 1. The summed E-state index contributed by atoms with van der Waals surface area (Å²) in [6.07, 6.45) is 6.87. The van der Waals surface area contributed by atoms with E-state index in [1.54, 1.807) is 12.3 Å². The third kappa shape index (κ3) is 2.85. The molecule has 5 nitrogen and oxygen atoms in total. The lowest BCUT2D eigenvalue weighted by Gasteiger charge is -1.88. The summed E-state index contributed by atoms with van der Waals surface area (Å²) in [5.74, 6) is 0.630. The van der Waals surface area contributed by atoms with Crippen LogP contribution in [0.5, 0.6) is 0 Å². The van der Waals surface area contributed by atoms with Crippen LogP contribution in [0, 0.1) is 0 Å². The molecule has 0 bridgehead atoms. The molecule has 17 heavy (non-hydrogen) atoms. The van der Waals surface area contributed by atoms with Crippen molar-refractivity contribution in [3.05, 3.63) is 40.6 Å². The topological polar surface area (TPSA) is 67.2 Å². The van der Waals surface area contributed by atoms with E-state index in [0.29, 0.717) is 11.3 Å². The molecule has 2 heterocycles. The number of hydrogen-bond donors (Lipinski definition) is 1. The third-order valence-corrected chi connectivity index (χ3v) is 2.89. The number of aromatic amines is 1. The van der Waals surface area contributed by atoms with Crippen LogP contribution in [-0.2, 0) is 4.79 Å². The van der Waals surface area contributed by atoms with Gasteiger partial charge < -0.3 is 4.98 Å². The van der Waals surface area contributed by atoms with E-state index in [2.05, 4.69) is 10.1 Å². The first-order valence-corrected chi connectivity index (χ1v) is 6.01. The summed E-state index contributed by atoms with van der Waals surface area (Å²) in [6, 6.07) is 1.75. The Bertz CT molecular complexity index is 627. The van der Waals surface area contributed by atoms with Crippen LogP contribution in [0.1, 0.15) is 12.5 Å². The summed E-state index contributed by atoms with van der Waals surface area (Å²) in [5, 5.41) is 4.08. The van der Waals surface area contributed by atoms with Crippen LogP contribution in [0.4, 0.5) is 0 Å². The lowest BCUT2D eigenvalue weighted by molar-refractivity contribution is -0.109. The summed E-state index contributed by atoms with van der Waals surface area (Å²) >= 11 is 1.24. The first kappa shape index (κ1) is 11.7. The average molecular weight is 249 g/mol. The number of nitrogens with one attached hydrogen (secondary N) is 1. The van der Waals surface area contributed by atoms with E-state index in [1.165, 1.54) is 29.5 Å². The van der Waals surface area contributed by atoms with Crippen LogP contribution in [0.2, 0.25) is 0 Å². The van der Waals surface area contributed by atoms with Crippen LogP contribution in [-0.4, -0.2) is 25.5 Å². The Morgan fingerprint density at radius 3 is 3.18 bits per heavy atom. The monoisotopic (exact) mass is 249 g/mol. The maximum Gasteiger partial charge on any atom is 0.275 e. The number of rotatable bonds is 3. The van der Waals surface area contributed by atoms with Crippen molar-refractivity contribution in [2.24, 2.45) is 0 Å². The van der Waals surface area contributed by atoms with Gasteiger partial charge in [0.25, 0.3) is 5.56 Å². The van der Waals surface area contributed by atoms with Gasteiger partial charge in [-0.1, -0.05) is 23.9 Å². The number of fused-ring (bicyclic) bond motifs is 1. The smallest absolute Gasteiger partial charge is 0.275 e. The van der Waals surface area contributed by atoms with Gasteiger partial charge in [0.15, 0.2) is 5.12 Å². The van der Waals surface area contributed by atoms with Gasteiger partial charge in [0, 0.05) is 18.9 Å². The van der Waals surface area contributed by atoms with Crippen molar-refractivity contribution < 1.29 is 4.79 Å². The van der Waals surface area contributed by atoms with Crippen molar-refractivity contribution in [2.75, 3.05) is 5.75 Å². The number of carbonyl (C=O) groups is 1. The van der Waals surface area contributed by atoms with Crippen molar-refractivity contribution in [1.82, 2.24) is 14.6 Å². The van der Waals surface area contributed by atoms with Crippen molar-refractivity contribution >= 4 is 28.5 Å². The lowest BCUT2D eigenvalue weighted by atomic mass is 10.3. The molecule has 0 aromatic carbocycles. The molecule has 0 aliphatic carbocycles. The normalized spacial score (nSPS) is 11.4. The second kappa shape index (κ2) is 5.01. The SMILES string of the molecule is CC(=O)SCC=Cc1cc2c(=O)[nH]cnn2c1. The van der Waals surface area contributed by atoms with Gasteiger partial charge in [-0.05, 0) is 11.6 Å². The molecule has 0 spiro atoms. The molecule has 0 atom stereocenters. The molecule has 0 aliphatic heterocycles. The van der Waals surface area contributed by atoms with E-state index in [4.69, 9.17) is 0 Å². The average Bonchev–Trinajstić information content (AvgIpc) is 2.69. The Labute approximate surface area is 102 Å². The molecule has 1 N–H and O–H groups in total.